The van der Waals surface area contributed by atoms with Gasteiger partial charge in [0.25, 0.3) is 0 Å². The number of unbranched alkanes of at least 4 members (excludes halogenated alkanes) is 2. The molecule has 0 radical (unpaired) electrons. The van der Waals surface area contributed by atoms with Gasteiger partial charge in [0.2, 0.25) is 0 Å². The van der Waals surface area contributed by atoms with E-state index in [1.807, 2.05) is 6.08 Å². The molecule has 0 saturated heterocycles. The summed E-state index contributed by atoms with van der Waals surface area (Å²) in [7, 11) is 0. The van der Waals surface area contributed by atoms with Crippen LogP contribution in [0.25, 0.3) is 0 Å². The molecule has 1 aliphatic rings. The molecule has 1 rings (SSSR count). The fraction of sp³-hybridized carbons (Fsp3) is 0.833. The Morgan fingerprint density at radius 3 is 2.46 bits per heavy atom. The third-order valence-electron chi connectivity index (χ3n) is 3.08. The van der Waals surface area contributed by atoms with Gasteiger partial charge in [0.1, 0.15) is 0 Å². The maximum Gasteiger partial charge on any atom is 0.0647 e. The largest absolute Gasteiger partial charge is 0.390 e. The molecule has 0 aromatic carbocycles. The molecular formula is C12H22O. The summed E-state index contributed by atoms with van der Waals surface area (Å²) in [5, 5.41) is 10.1. The molecule has 0 spiro atoms. The van der Waals surface area contributed by atoms with Gasteiger partial charge in [-0.15, -0.1) is 6.58 Å². The standard InChI is InChI=1S/C12H22O/c1-2-3-4-6-9-12(13)10-7-5-8-11-12/h2,13H,1,3-11H2. The minimum absolute atomic E-state index is 0.306. The molecule has 0 aromatic heterocycles. The van der Waals surface area contributed by atoms with Crippen LogP contribution in [0.15, 0.2) is 12.7 Å². The minimum atomic E-state index is -0.306. The highest BCUT2D eigenvalue weighted by Crippen LogP contribution is 2.32. The number of hydrogen-bond acceptors (Lipinski definition) is 1. The zero-order chi connectivity index (χ0) is 9.57. The Morgan fingerprint density at radius 1 is 1.15 bits per heavy atom. The molecule has 1 heteroatoms. The maximum atomic E-state index is 10.1. The van der Waals surface area contributed by atoms with Crippen LogP contribution in [0.4, 0.5) is 0 Å². The number of aliphatic hydroxyl groups is 1. The molecule has 0 heterocycles. The molecule has 0 bridgehead atoms. The predicted molar refractivity (Wildman–Crippen MR) is 56.7 cm³/mol. The summed E-state index contributed by atoms with van der Waals surface area (Å²) in [6.45, 7) is 3.70. The van der Waals surface area contributed by atoms with Gasteiger partial charge in [0.05, 0.1) is 5.60 Å². The van der Waals surface area contributed by atoms with Crippen LogP contribution in [0.3, 0.4) is 0 Å². The second-order valence-electron chi connectivity index (χ2n) is 4.32. The molecule has 1 saturated carbocycles. The van der Waals surface area contributed by atoms with Gasteiger partial charge >= 0.3 is 0 Å². The van der Waals surface area contributed by atoms with Gasteiger partial charge in [-0.3, -0.25) is 0 Å². The van der Waals surface area contributed by atoms with Gasteiger partial charge in [-0.25, -0.2) is 0 Å². The monoisotopic (exact) mass is 182 g/mol. The summed E-state index contributed by atoms with van der Waals surface area (Å²) in [4.78, 5) is 0. The second kappa shape index (κ2) is 5.43. The van der Waals surface area contributed by atoms with Gasteiger partial charge in [0, 0.05) is 0 Å². The number of rotatable bonds is 5. The molecule has 1 nitrogen and oxygen atoms in total. The van der Waals surface area contributed by atoms with Gasteiger partial charge in [-0.05, 0) is 32.1 Å². The topological polar surface area (TPSA) is 20.2 Å². The first kappa shape index (κ1) is 10.8. The molecule has 0 atom stereocenters. The molecule has 0 aliphatic heterocycles. The Hall–Kier alpha value is -0.300. The van der Waals surface area contributed by atoms with Crippen LogP contribution in [0.1, 0.15) is 57.8 Å². The Kier molecular flexibility index (Phi) is 4.51. The summed E-state index contributed by atoms with van der Waals surface area (Å²) in [6.07, 6.45) is 12.2. The number of hydrogen-bond donors (Lipinski definition) is 1. The highest BCUT2D eigenvalue weighted by molar-refractivity contribution is 4.82. The molecule has 0 amide bonds. The van der Waals surface area contributed by atoms with E-state index in [0.29, 0.717) is 0 Å². The van der Waals surface area contributed by atoms with Crippen molar-refractivity contribution in [2.45, 2.75) is 63.4 Å². The van der Waals surface area contributed by atoms with Crippen molar-refractivity contribution >= 4 is 0 Å². The lowest BCUT2D eigenvalue weighted by atomic mass is 9.81. The van der Waals surface area contributed by atoms with E-state index in [1.165, 1.54) is 25.7 Å². The second-order valence-corrected chi connectivity index (χ2v) is 4.32. The van der Waals surface area contributed by atoms with Crippen molar-refractivity contribution in [3.63, 3.8) is 0 Å². The van der Waals surface area contributed by atoms with Crippen molar-refractivity contribution in [3.8, 4) is 0 Å². The van der Waals surface area contributed by atoms with E-state index in [1.54, 1.807) is 0 Å². The van der Waals surface area contributed by atoms with E-state index >= 15 is 0 Å². The number of allylic oxidation sites excluding steroid dienone is 1. The van der Waals surface area contributed by atoms with E-state index < -0.39 is 0 Å². The van der Waals surface area contributed by atoms with Crippen LogP contribution in [0.2, 0.25) is 0 Å². The molecule has 13 heavy (non-hydrogen) atoms. The molecular weight excluding hydrogens is 160 g/mol. The average molecular weight is 182 g/mol. The van der Waals surface area contributed by atoms with Crippen molar-refractivity contribution in [3.05, 3.63) is 12.7 Å². The van der Waals surface area contributed by atoms with Crippen LogP contribution >= 0.6 is 0 Å². The fourth-order valence-corrected chi connectivity index (χ4v) is 2.20. The van der Waals surface area contributed by atoms with E-state index in [9.17, 15) is 5.11 Å². The van der Waals surface area contributed by atoms with E-state index in [0.717, 1.165) is 32.1 Å². The van der Waals surface area contributed by atoms with Crippen molar-refractivity contribution < 1.29 is 5.11 Å². The smallest absolute Gasteiger partial charge is 0.0647 e. The van der Waals surface area contributed by atoms with E-state index in [2.05, 4.69) is 6.58 Å². The van der Waals surface area contributed by atoms with Crippen LogP contribution in [0.5, 0.6) is 0 Å². The van der Waals surface area contributed by atoms with Gasteiger partial charge in [0.15, 0.2) is 0 Å². The third-order valence-corrected chi connectivity index (χ3v) is 3.08. The lowest BCUT2D eigenvalue weighted by Gasteiger charge is -2.32. The summed E-state index contributed by atoms with van der Waals surface area (Å²) >= 11 is 0. The van der Waals surface area contributed by atoms with Crippen LogP contribution in [-0.2, 0) is 0 Å². The molecule has 1 aliphatic carbocycles. The Morgan fingerprint density at radius 2 is 1.85 bits per heavy atom. The zero-order valence-electron chi connectivity index (χ0n) is 8.60. The van der Waals surface area contributed by atoms with Crippen molar-refractivity contribution in [2.24, 2.45) is 0 Å². The SMILES string of the molecule is C=CCCCCC1(O)CCCCC1. The van der Waals surface area contributed by atoms with E-state index in [4.69, 9.17) is 0 Å². The minimum Gasteiger partial charge on any atom is -0.390 e. The van der Waals surface area contributed by atoms with Crippen molar-refractivity contribution in [1.29, 1.82) is 0 Å². The summed E-state index contributed by atoms with van der Waals surface area (Å²) in [5.74, 6) is 0. The van der Waals surface area contributed by atoms with E-state index in [-0.39, 0.29) is 5.60 Å². The summed E-state index contributed by atoms with van der Waals surface area (Å²) in [6, 6.07) is 0. The first-order valence-corrected chi connectivity index (χ1v) is 5.60. The fourth-order valence-electron chi connectivity index (χ4n) is 2.20. The Balaban J connectivity index is 2.13. The van der Waals surface area contributed by atoms with Crippen molar-refractivity contribution in [2.75, 3.05) is 0 Å². The maximum absolute atomic E-state index is 10.1. The highest BCUT2D eigenvalue weighted by atomic mass is 16.3. The Labute approximate surface area is 81.9 Å². The highest BCUT2D eigenvalue weighted by Gasteiger charge is 2.27. The van der Waals surface area contributed by atoms with Crippen LogP contribution in [0, 0.1) is 0 Å². The first-order chi connectivity index (χ1) is 6.27. The molecule has 0 unspecified atom stereocenters. The molecule has 76 valence electrons. The van der Waals surface area contributed by atoms with Gasteiger partial charge in [-0.2, -0.15) is 0 Å². The zero-order valence-corrected chi connectivity index (χ0v) is 8.60. The van der Waals surface area contributed by atoms with Gasteiger partial charge in [-0.1, -0.05) is 31.8 Å². The van der Waals surface area contributed by atoms with Crippen molar-refractivity contribution in [1.82, 2.24) is 0 Å². The quantitative estimate of drug-likeness (QED) is 0.510. The first-order valence-electron chi connectivity index (χ1n) is 5.60. The van der Waals surface area contributed by atoms with Gasteiger partial charge < -0.3 is 5.11 Å². The van der Waals surface area contributed by atoms with Crippen LogP contribution < -0.4 is 0 Å². The summed E-state index contributed by atoms with van der Waals surface area (Å²) in [5.41, 5.74) is -0.306. The lowest BCUT2D eigenvalue weighted by Crippen LogP contribution is -2.30. The summed E-state index contributed by atoms with van der Waals surface area (Å²) < 4.78 is 0. The lowest BCUT2D eigenvalue weighted by molar-refractivity contribution is -0.00569. The van der Waals surface area contributed by atoms with Crippen LogP contribution in [-0.4, -0.2) is 10.7 Å². The average Bonchev–Trinajstić information content (AvgIpc) is 2.14. The molecule has 0 aromatic rings. The predicted octanol–water partition coefficient (Wildman–Crippen LogP) is 3.43. The normalized spacial score (nSPS) is 21.3. The third kappa shape index (κ3) is 3.95. The molecule has 1 N–H and O–H groups in total. The Bertz CT molecular complexity index is 145. The molecule has 1 fully saturated rings.